The molecule has 5 nitrogen and oxygen atoms in total. The van der Waals surface area contributed by atoms with Crippen molar-refractivity contribution in [3.8, 4) is 17.1 Å². The predicted molar refractivity (Wildman–Crippen MR) is 98.5 cm³/mol. The fourth-order valence-electron chi connectivity index (χ4n) is 3.54. The lowest BCUT2D eigenvalue weighted by molar-refractivity contribution is 0.302. The second kappa shape index (κ2) is 8.88. The van der Waals surface area contributed by atoms with Gasteiger partial charge in [0, 0.05) is 18.3 Å². The van der Waals surface area contributed by atoms with Gasteiger partial charge >= 0.3 is 0 Å². The molecule has 1 aliphatic rings. The molecule has 2 aromatic heterocycles. The highest BCUT2D eigenvalue weighted by atomic mass is 16.5. The quantitative estimate of drug-likeness (QED) is 0.725. The molecule has 0 aromatic carbocycles. The Morgan fingerprint density at radius 1 is 0.880 bits per heavy atom. The Bertz CT molecular complexity index is 634. The molecule has 0 atom stereocenters. The number of nitrogens with zero attached hydrogens (tertiary/aromatic N) is 4. The largest absolute Gasteiger partial charge is 0.490 e. The molecule has 25 heavy (non-hydrogen) atoms. The lowest BCUT2D eigenvalue weighted by Crippen LogP contribution is -2.15. The molecule has 0 N–H and O–H groups in total. The van der Waals surface area contributed by atoms with E-state index in [1.165, 1.54) is 38.5 Å². The molecule has 2 aromatic rings. The lowest BCUT2D eigenvalue weighted by atomic mass is 9.80. The van der Waals surface area contributed by atoms with Crippen LogP contribution in [0.15, 0.2) is 24.8 Å². The van der Waals surface area contributed by atoms with E-state index in [1.807, 2.05) is 12.4 Å². The van der Waals surface area contributed by atoms with Gasteiger partial charge < -0.3 is 4.74 Å². The van der Waals surface area contributed by atoms with Crippen LogP contribution in [0.4, 0.5) is 0 Å². The zero-order valence-corrected chi connectivity index (χ0v) is 15.3. The number of hydrogen-bond donors (Lipinski definition) is 0. The number of hydrogen-bond acceptors (Lipinski definition) is 5. The van der Waals surface area contributed by atoms with E-state index in [-0.39, 0.29) is 0 Å². The molecular weight excluding hydrogens is 312 g/mol. The molecule has 134 valence electrons. The van der Waals surface area contributed by atoms with Crippen LogP contribution < -0.4 is 4.74 Å². The first kappa shape index (κ1) is 17.8. The van der Waals surface area contributed by atoms with Crippen molar-refractivity contribution in [2.45, 2.75) is 64.7 Å². The summed E-state index contributed by atoms with van der Waals surface area (Å²) in [5, 5.41) is 0. The van der Waals surface area contributed by atoms with Crippen molar-refractivity contribution < 1.29 is 4.74 Å². The average molecular weight is 340 g/mol. The van der Waals surface area contributed by atoms with E-state index < -0.39 is 0 Å². The Labute approximate surface area is 150 Å². The van der Waals surface area contributed by atoms with Crippen molar-refractivity contribution >= 4 is 0 Å². The third-order valence-corrected chi connectivity index (χ3v) is 4.94. The fraction of sp³-hybridized carbons (Fsp3) is 0.600. The van der Waals surface area contributed by atoms with Gasteiger partial charge in [-0.2, -0.15) is 0 Å². The van der Waals surface area contributed by atoms with Crippen molar-refractivity contribution in [2.75, 3.05) is 6.61 Å². The topological polar surface area (TPSA) is 60.8 Å². The highest BCUT2D eigenvalue weighted by Crippen LogP contribution is 2.36. The molecule has 3 rings (SSSR count). The first-order valence-corrected chi connectivity index (χ1v) is 9.57. The van der Waals surface area contributed by atoms with Gasteiger partial charge in [-0.1, -0.05) is 26.7 Å². The van der Waals surface area contributed by atoms with E-state index >= 15 is 0 Å². The molecule has 0 bridgehead atoms. The molecule has 1 fully saturated rings. The maximum atomic E-state index is 5.51. The zero-order valence-electron chi connectivity index (χ0n) is 15.3. The standard InChI is InChI=1S/C20H28N4O/c1-3-5-15-6-8-16(9-7-15)19-21-11-17(12-22-19)20-23-13-18(14-24-20)25-10-4-2/h11-16H,3-10H2,1-2H3/t15-,16-. The summed E-state index contributed by atoms with van der Waals surface area (Å²) in [6, 6.07) is 0. The molecule has 0 saturated heterocycles. The predicted octanol–water partition coefficient (Wildman–Crippen LogP) is 4.80. The van der Waals surface area contributed by atoms with Gasteiger partial charge in [-0.3, -0.25) is 0 Å². The molecule has 5 heteroatoms. The van der Waals surface area contributed by atoms with Crippen LogP contribution in [-0.2, 0) is 0 Å². The van der Waals surface area contributed by atoms with Crippen molar-refractivity contribution in [2.24, 2.45) is 5.92 Å². The van der Waals surface area contributed by atoms with Crippen LogP contribution in [0.25, 0.3) is 11.4 Å². The van der Waals surface area contributed by atoms with E-state index in [9.17, 15) is 0 Å². The molecule has 2 heterocycles. The molecule has 1 aliphatic carbocycles. The highest BCUT2D eigenvalue weighted by molar-refractivity contribution is 5.51. The summed E-state index contributed by atoms with van der Waals surface area (Å²) < 4.78 is 5.51. The smallest absolute Gasteiger partial charge is 0.162 e. The van der Waals surface area contributed by atoms with E-state index in [1.54, 1.807) is 12.4 Å². The summed E-state index contributed by atoms with van der Waals surface area (Å²) in [7, 11) is 0. The van der Waals surface area contributed by atoms with Gasteiger partial charge in [-0.05, 0) is 38.0 Å². The summed E-state index contributed by atoms with van der Waals surface area (Å²) in [5.41, 5.74) is 0.852. The highest BCUT2D eigenvalue weighted by Gasteiger charge is 2.23. The van der Waals surface area contributed by atoms with Gasteiger partial charge in [0.1, 0.15) is 5.82 Å². The summed E-state index contributed by atoms with van der Waals surface area (Å²) in [5.74, 6) is 3.73. The lowest BCUT2D eigenvalue weighted by Gasteiger charge is -2.27. The molecule has 0 spiro atoms. The first-order valence-electron chi connectivity index (χ1n) is 9.57. The van der Waals surface area contributed by atoms with E-state index in [4.69, 9.17) is 4.74 Å². The molecule has 1 saturated carbocycles. The number of rotatable bonds is 7. The minimum absolute atomic E-state index is 0.507. The Morgan fingerprint density at radius 3 is 2.16 bits per heavy atom. The molecular formula is C20H28N4O. The summed E-state index contributed by atoms with van der Waals surface area (Å²) in [6.07, 6.45) is 15.8. The van der Waals surface area contributed by atoms with Crippen LogP contribution in [0, 0.1) is 5.92 Å². The van der Waals surface area contributed by atoms with Gasteiger partial charge in [0.15, 0.2) is 11.6 Å². The second-order valence-corrected chi connectivity index (χ2v) is 6.93. The maximum Gasteiger partial charge on any atom is 0.162 e. The van der Waals surface area contributed by atoms with Gasteiger partial charge in [-0.15, -0.1) is 0 Å². The normalized spacial score (nSPS) is 20.4. The monoisotopic (exact) mass is 340 g/mol. The van der Waals surface area contributed by atoms with Crippen LogP contribution in [0.1, 0.15) is 70.5 Å². The zero-order chi connectivity index (χ0) is 17.5. The SMILES string of the molecule is CCCOc1cnc(-c2cnc([C@H]3CC[C@H](CCC)CC3)nc2)nc1. The van der Waals surface area contributed by atoms with Crippen molar-refractivity contribution in [1.29, 1.82) is 0 Å². The fourth-order valence-corrected chi connectivity index (χ4v) is 3.54. The summed E-state index contributed by atoms with van der Waals surface area (Å²) in [4.78, 5) is 17.9. The Morgan fingerprint density at radius 2 is 1.56 bits per heavy atom. The van der Waals surface area contributed by atoms with Gasteiger partial charge in [0.25, 0.3) is 0 Å². The molecule has 0 amide bonds. The first-order chi connectivity index (χ1) is 12.3. The van der Waals surface area contributed by atoms with Crippen LogP contribution >= 0.6 is 0 Å². The number of ether oxygens (including phenoxy) is 1. The molecule has 0 aliphatic heterocycles. The summed E-state index contributed by atoms with van der Waals surface area (Å²) in [6.45, 7) is 5.03. The third kappa shape index (κ3) is 4.74. The Kier molecular flexibility index (Phi) is 6.31. The van der Waals surface area contributed by atoms with Crippen LogP contribution in [0.2, 0.25) is 0 Å². The van der Waals surface area contributed by atoms with E-state index in [0.29, 0.717) is 24.1 Å². The van der Waals surface area contributed by atoms with Gasteiger partial charge in [-0.25, -0.2) is 19.9 Å². The third-order valence-electron chi connectivity index (χ3n) is 4.94. The minimum atomic E-state index is 0.507. The van der Waals surface area contributed by atoms with Gasteiger partial charge in [0.05, 0.1) is 24.6 Å². The summed E-state index contributed by atoms with van der Waals surface area (Å²) >= 11 is 0. The van der Waals surface area contributed by atoms with E-state index in [2.05, 4.69) is 33.8 Å². The molecule has 0 radical (unpaired) electrons. The van der Waals surface area contributed by atoms with Crippen LogP contribution in [-0.4, -0.2) is 26.5 Å². The van der Waals surface area contributed by atoms with Gasteiger partial charge in [0.2, 0.25) is 0 Å². The Hall–Kier alpha value is -2.04. The maximum absolute atomic E-state index is 5.51. The van der Waals surface area contributed by atoms with Crippen molar-refractivity contribution in [1.82, 2.24) is 19.9 Å². The average Bonchev–Trinajstić information content (AvgIpc) is 2.68. The second-order valence-electron chi connectivity index (χ2n) is 6.93. The van der Waals surface area contributed by atoms with Crippen molar-refractivity contribution in [3.63, 3.8) is 0 Å². The molecule has 0 unspecified atom stereocenters. The Balaban J connectivity index is 1.60. The minimum Gasteiger partial charge on any atom is -0.490 e. The van der Waals surface area contributed by atoms with E-state index in [0.717, 1.165) is 23.7 Å². The van der Waals surface area contributed by atoms with Crippen LogP contribution in [0.5, 0.6) is 5.75 Å². The van der Waals surface area contributed by atoms with Crippen LogP contribution in [0.3, 0.4) is 0 Å². The number of aromatic nitrogens is 4. The van der Waals surface area contributed by atoms with Crippen molar-refractivity contribution in [3.05, 3.63) is 30.6 Å².